The number of carbonyl (C=O) groups excluding carboxylic acids is 1. The van der Waals surface area contributed by atoms with Crippen molar-refractivity contribution in [3.05, 3.63) is 0 Å². The molecule has 3 nitrogen and oxygen atoms in total. The minimum Gasteiger partial charge on any atom is -0.554 e. The number of rotatable bonds is 0. The van der Waals surface area contributed by atoms with Gasteiger partial charge in [-0.25, -0.2) is 0 Å². The summed E-state index contributed by atoms with van der Waals surface area (Å²) in [7, 11) is 0. The third-order valence-corrected chi connectivity index (χ3v) is 0. The summed E-state index contributed by atoms with van der Waals surface area (Å²) in [4.78, 5) is 8.25. The van der Waals surface area contributed by atoms with Crippen molar-refractivity contribution >= 4 is 6.47 Å². The fourth-order valence-electron chi connectivity index (χ4n) is 0. The van der Waals surface area contributed by atoms with E-state index in [4.69, 9.17) is 15.0 Å². The van der Waals surface area contributed by atoms with Crippen molar-refractivity contribution in [2.75, 3.05) is 6.61 Å². The van der Waals surface area contributed by atoms with E-state index in [1.165, 1.54) is 0 Å². The average Bonchev–Trinajstić information content (AvgIpc) is 1.39. The Hall–Kier alpha value is 0.430. The smallest absolute Gasteiger partial charge is 0.554 e. The Labute approximate surface area is 64.6 Å². The molecule has 0 rings (SSSR count). The van der Waals surface area contributed by atoms with E-state index < -0.39 is 6.47 Å². The fourth-order valence-corrected chi connectivity index (χ4v) is 0. The van der Waals surface area contributed by atoms with Crippen molar-refractivity contribution in [1.29, 1.82) is 0 Å². The minimum absolute atomic E-state index is 0. The molecule has 0 saturated heterocycles. The van der Waals surface area contributed by atoms with Crippen LogP contribution in [-0.2, 0) is 4.79 Å². The monoisotopic (exact) mass is 114 g/mol. The first kappa shape index (κ1) is 15.7. The van der Waals surface area contributed by atoms with Crippen LogP contribution >= 0.6 is 0 Å². The number of carboxylic acid groups (broad SMARTS) is 1. The predicted molar refractivity (Wildman–Crippen MR) is 18.8 cm³/mol. The first-order valence-corrected chi connectivity index (χ1v) is 1.49. The number of hydrogen-bond donors (Lipinski definition) is 1. The van der Waals surface area contributed by atoms with Crippen molar-refractivity contribution in [3.8, 4) is 0 Å². The zero-order valence-electron chi connectivity index (χ0n) is 4.55. The third-order valence-electron chi connectivity index (χ3n) is 0. The van der Waals surface area contributed by atoms with Crippen molar-refractivity contribution in [2.24, 2.45) is 0 Å². The summed E-state index contributed by atoms with van der Waals surface area (Å²) < 4.78 is 0. The van der Waals surface area contributed by atoms with Crippen LogP contribution in [0.5, 0.6) is 0 Å². The summed E-state index contributed by atoms with van der Waals surface area (Å²) in [5.41, 5.74) is 0. The minimum atomic E-state index is -0.500. The molecule has 0 aromatic carbocycles. The van der Waals surface area contributed by atoms with Gasteiger partial charge in [-0.05, 0) is 6.92 Å². The molecule has 7 heavy (non-hydrogen) atoms. The summed E-state index contributed by atoms with van der Waals surface area (Å²) in [5.74, 6) is 0. The maximum Gasteiger partial charge on any atom is 1.00 e. The van der Waals surface area contributed by atoms with Gasteiger partial charge in [0.05, 0.1) is 0 Å². The van der Waals surface area contributed by atoms with Crippen molar-refractivity contribution in [2.45, 2.75) is 6.92 Å². The van der Waals surface area contributed by atoms with Crippen LogP contribution in [0, 0.1) is 0 Å². The Morgan fingerprint density at radius 3 is 1.86 bits per heavy atom. The van der Waals surface area contributed by atoms with Crippen LogP contribution in [0.1, 0.15) is 6.92 Å². The van der Waals surface area contributed by atoms with Gasteiger partial charge in [0.25, 0.3) is 0 Å². The van der Waals surface area contributed by atoms with Gasteiger partial charge in [-0.3, -0.25) is 0 Å². The Kier molecular flexibility index (Phi) is 71.8. The molecule has 38 valence electrons. The van der Waals surface area contributed by atoms with Crippen LogP contribution in [0.15, 0.2) is 0 Å². The normalized spacial score (nSPS) is 4.29. The van der Waals surface area contributed by atoms with Crippen molar-refractivity contribution < 1.29 is 44.6 Å². The second kappa shape index (κ2) is 32.1. The largest absolute Gasteiger partial charge is 1.00 e. The first-order valence-electron chi connectivity index (χ1n) is 1.49. The maximum atomic E-state index is 8.25. The summed E-state index contributed by atoms with van der Waals surface area (Å²) in [6.45, 7) is 1.43. The van der Waals surface area contributed by atoms with E-state index in [1.54, 1.807) is 6.92 Å². The van der Waals surface area contributed by atoms with E-state index in [9.17, 15) is 0 Å². The van der Waals surface area contributed by atoms with Crippen LogP contribution in [0.3, 0.4) is 0 Å². The molecular formula is C3H7NaO3. The molecular weight excluding hydrogens is 107 g/mol. The summed E-state index contributed by atoms with van der Waals surface area (Å²) in [6, 6.07) is 0. The van der Waals surface area contributed by atoms with Crippen molar-refractivity contribution in [3.63, 3.8) is 0 Å². The van der Waals surface area contributed by atoms with Gasteiger partial charge in [0.1, 0.15) is 0 Å². The van der Waals surface area contributed by atoms with Gasteiger partial charge in [-0.1, -0.05) is 0 Å². The Morgan fingerprint density at radius 2 is 1.86 bits per heavy atom. The van der Waals surface area contributed by atoms with E-state index in [-0.39, 0.29) is 36.2 Å². The molecule has 0 aromatic heterocycles. The topological polar surface area (TPSA) is 60.4 Å². The molecule has 0 aliphatic heterocycles. The summed E-state index contributed by atoms with van der Waals surface area (Å²) >= 11 is 0. The number of aliphatic hydroxyl groups excluding tert-OH is 1. The second-order valence-electron chi connectivity index (χ2n) is 0.412. The van der Waals surface area contributed by atoms with E-state index in [0.29, 0.717) is 0 Å². The van der Waals surface area contributed by atoms with Gasteiger partial charge in [-0.2, -0.15) is 0 Å². The molecule has 0 aromatic rings. The predicted octanol–water partition coefficient (Wildman–Crippen LogP) is -4.63. The van der Waals surface area contributed by atoms with Crippen LogP contribution in [0.2, 0.25) is 0 Å². The quantitative estimate of drug-likeness (QED) is 0.254. The molecule has 0 fully saturated rings. The average molecular weight is 114 g/mol. The van der Waals surface area contributed by atoms with Gasteiger partial charge in [0, 0.05) is 13.1 Å². The van der Waals surface area contributed by atoms with Gasteiger partial charge >= 0.3 is 29.6 Å². The van der Waals surface area contributed by atoms with E-state index in [2.05, 4.69) is 0 Å². The number of aliphatic hydroxyl groups is 1. The zero-order valence-corrected chi connectivity index (χ0v) is 6.55. The molecule has 0 unspecified atom stereocenters. The van der Waals surface area contributed by atoms with Gasteiger partial charge in [0.2, 0.25) is 0 Å². The molecule has 0 saturated carbocycles. The Morgan fingerprint density at radius 1 is 1.86 bits per heavy atom. The van der Waals surface area contributed by atoms with Gasteiger partial charge < -0.3 is 15.0 Å². The maximum absolute atomic E-state index is 8.25. The molecule has 0 aliphatic rings. The molecule has 0 bridgehead atoms. The zero-order chi connectivity index (χ0) is 5.41. The van der Waals surface area contributed by atoms with E-state index in [0.717, 1.165) is 0 Å². The Balaban J connectivity index is -0.0000000400. The van der Waals surface area contributed by atoms with E-state index >= 15 is 0 Å². The van der Waals surface area contributed by atoms with Gasteiger partial charge in [0.15, 0.2) is 0 Å². The summed E-state index contributed by atoms with van der Waals surface area (Å²) in [5, 5.41) is 15.8. The van der Waals surface area contributed by atoms with Gasteiger partial charge in [-0.15, -0.1) is 0 Å². The molecule has 0 atom stereocenters. The number of carbonyl (C=O) groups is 1. The molecule has 0 amide bonds. The van der Waals surface area contributed by atoms with Crippen molar-refractivity contribution in [1.82, 2.24) is 0 Å². The molecule has 0 aliphatic carbocycles. The molecule has 0 heterocycles. The Bertz CT molecular complexity index is 24.1. The third kappa shape index (κ3) is 682. The van der Waals surface area contributed by atoms with E-state index in [1.807, 2.05) is 0 Å². The van der Waals surface area contributed by atoms with Crippen LogP contribution < -0.4 is 34.7 Å². The molecule has 1 N–H and O–H groups in total. The summed E-state index contributed by atoms with van der Waals surface area (Å²) in [6.07, 6.45) is 0. The van der Waals surface area contributed by atoms with Crippen LogP contribution in [0.25, 0.3) is 0 Å². The fraction of sp³-hybridized carbons (Fsp3) is 0.667. The van der Waals surface area contributed by atoms with Crippen LogP contribution in [0.4, 0.5) is 0 Å². The van der Waals surface area contributed by atoms with Crippen LogP contribution in [-0.4, -0.2) is 18.2 Å². The number of hydrogen-bond acceptors (Lipinski definition) is 3. The standard InChI is InChI=1S/C2H6O.CH2O2.Na/c1-2-3;2-1-3;/h3H,2H2,1H3;1H,(H,2,3);/q;;+1/p-1. The second-order valence-corrected chi connectivity index (χ2v) is 0.412. The molecule has 0 spiro atoms. The molecule has 4 heteroatoms. The first-order chi connectivity index (χ1) is 2.83. The SMILES string of the molecule is CCO.O=C[O-].[Na+]. The molecule has 0 radical (unpaired) electrons.